The van der Waals surface area contributed by atoms with Crippen molar-refractivity contribution in [1.29, 1.82) is 0 Å². The van der Waals surface area contributed by atoms with Gasteiger partial charge in [0.1, 0.15) is 12.0 Å². The SMILES string of the molecule is CCNC(=NCc1coc(-c2cccs2)n1)NC1CCS(=O)(=O)C1.I. The normalized spacial score (nSPS) is 19.4. The molecule has 1 fully saturated rings. The first-order chi connectivity index (χ1) is 11.6. The summed E-state index contributed by atoms with van der Waals surface area (Å²) in [6, 6.07) is 3.81. The number of aromatic nitrogens is 1. The Bertz CT molecular complexity index is 803. The van der Waals surface area contributed by atoms with Gasteiger partial charge in [0.2, 0.25) is 5.89 Å². The molecule has 25 heavy (non-hydrogen) atoms. The van der Waals surface area contributed by atoms with Gasteiger partial charge in [0.25, 0.3) is 0 Å². The lowest BCUT2D eigenvalue weighted by Gasteiger charge is -2.15. The number of hydrogen-bond acceptors (Lipinski definition) is 6. The van der Waals surface area contributed by atoms with Gasteiger partial charge in [-0.05, 0) is 24.8 Å². The summed E-state index contributed by atoms with van der Waals surface area (Å²) in [5.41, 5.74) is 0.731. The van der Waals surface area contributed by atoms with E-state index in [9.17, 15) is 8.42 Å². The number of nitrogens with zero attached hydrogens (tertiary/aromatic N) is 2. The predicted molar refractivity (Wildman–Crippen MR) is 110 cm³/mol. The van der Waals surface area contributed by atoms with Crippen LogP contribution < -0.4 is 10.6 Å². The number of halogens is 1. The lowest BCUT2D eigenvalue weighted by Crippen LogP contribution is -2.44. The third-order valence-electron chi connectivity index (χ3n) is 3.60. The van der Waals surface area contributed by atoms with Gasteiger partial charge in [-0.2, -0.15) is 0 Å². The largest absolute Gasteiger partial charge is 0.443 e. The van der Waals surface area contributed by atoms with E-state index >= 15 is 0 Å². The zero-order chi connectivity index (χ0) is 17.0. The molecule has 0 bridgehead atoms. The number of oxazole rings is 1. The second-order valence-electron chi connectivity index (χ2n) is 5.56. The Labute approximate surface area is 168 Å². The van der Waals surface area contributed by atoms with Crippen molar-refractivity contribution >= 4 is 51.1 Å². The van der Waals surface area contributed by atoms with Gasteiger partial charge < -0.3 is 15.1 Å². The van der Waals surface area contributed by atoms with Crippen LogP contribution in [-0.2, 0) is 16.4 Å². The molecule has 2 aromatic heterocycles. The molecule has 138 valence electrons. The maximum absolute atomic E-state index is 11.6. The number of hydrogen-bond donors (Lipinski definition) is 2. The lowest BCUT2D eigenvalue weighted by molar-refractivity contribution is 0.574. The number of thiophene rings is 1. The Morgan fingerprint density at radius 2 is 2.36 bits per heavy atom. The van der Waals surface area contributed by atoms with Crippen molar-refractivity contribution in [1.82, 2.24) is 15.6 Å². The molecule has 1 unspecified atom stereocenters. The van der Waals surface area contributed by atoms with Gasteiger partial charge in [-0.3, -0.25) is 0 Å². The van der Waals surface area contributed by atoms with Crippen LogP contribution in [0.25, 0.3) is 10.8 Å². The van der Waals surface area contributed by atoms with Crippen LogP contribution in [0.1, 0.15) is 19.0 Å². The van der Waals surface area contributed by atoms with Crippen molar-refractivity contribution < 1.29 is 12.8 Å². The van der Waals surface area contributed by atoms with Crippen molar-refractivity contribution in [2.45, 2.75) is 25.9 Å². The molecule has 0 aliphatic carbocycles. The van der Waals surface area contributed by atoms with Gasteiger partial charge in [-0.1, -0.05) is 6.07 Å². The monoisotopic (exact) mass is 496 g/mol. The molecule has 3 rings (SSSR count). The smallest absolute Gasteiger partial charge is 0.236 e. The highest BCUT2D eigenvalue weighted by Gasteiger charge is 2.28. The molecule has 0 aromatic carbocycles. The second-order valence-corrected chi connectivity index (χ2v) is 8.74. The van der Waals surface area contributed by atoms with Gasteiger partial charge in [0.15, 0.2) is 15.8 Å². The molecule has 1 aliphatic rings. The van der Waals surface area contributed by atoms with E-state index in [-0.39, 0.29) is 41.5 Å². The average molecular weight is 496 g/mol. The highest BCUT2D eigenvalue weighted by molar-refractivity contribution is 14.0. The summed E-state index contributed by atoms with van der Waals surface area (Å²) in [5, 5.41) is 8.28. The van der Waals surface area contributed by atoms with Gasteiger partial charge >= 0.3 is 0 Å². The minimum absolute atomic E-state index is 0. The summed E-state index contributed by atoms with van der Waals surface area (Å²) in [6.07, 6.45) is 2.21. The molecule has 2 aromatic rings. The molecular weight excluding hydrogens is 475 g/mol. The van der Waals surface area contributed by atoms with Crippen LogP contribution in [0, 0.1) is 0 Å². The zero-order valence-corrected chi connectivity index (χ0v) is 17.7. The van der Waals surface area contributed by atoms with Crippen molar-refractivity contribution in [2.75, 3.05) is 18.1 Å². The molecule has 2 N–H and O–H groups in total. The van der Waals surface area contributed by atoms with E-state index in [1.165, 1.54) is 0 Å². The maximum atomic E-state index is 11.6. The summed E-state index contributed by atoms with van der Waals surface area (Å²) in [6.45, 7) is 3.03. The lowest BCUT2D eigenvalue weighted by atomic mass is 10.3. The first-order valence-corrected chi connectivity index (χ1v) is 10.5. The van der Waals surface area contributed by atoms with Gasteiger partial charge in [0, 0.05) is 12.6 Å². The molecule has 10 heteroatoms. The van der Waals surface area contributed by atoms with Crippen LogP contribution in [-0.4, -0.2) is 43.5 Å². The van der Waals surface area contributed by atoms with Crippen molar-refractivity contribution in [3.8, 4) is 10.8 Å². The molecule has 1 saturated heterocycles. The number of nitrogens with one attached hydrogen (secondary N) is 2. The topological polar surface area (TPSA) is 96.6 Å². The third kappa shape index (κ3) is 5.68. The minimum atomic E-state index is -2.92. The number of sulfone groups is 1. The molecule has 1 atom stereocenters. The zero-order valence-electron chi connectivity index (χ0n) is 13.8. The van der Waals surface area contributed by atoms with Crippen LogP contribution in [0.3, 0.4) is 0 Å². The van der Waals surface area contributed by atoms with Crippen LogP contribution in [0.4, 0.5) is 0 Å². The summed E-state index contributed by atoms with van der Waals surface area (Å²) in [7, 11) is -2.92. The van der Waals surface area contributed by atoms with Crippen LogP contribution in [0.5, 0.6) is 0 Å². The van der Waals surface area contributed by atoms with Gasteiger partial charge in [-0.25, -0.2) is 18.4 Å². The van der Waals surface area contributed by atoms with Crippen LogP contribution in [0.2, 0.25) is 0 Å². The van der Waals surface area contributed by atoms with E-state index in [0.717, 1.165) is 10.6 Å². The second kappa shape index (κ2) is 8.99. The first kappa shape index (κ1) is 20.2. The molecule has 0 amide bonds. The molecule has 0 spiro atoms. The standard InChI is InChI=1S/C15H20N4O3S2.HI/c1-2-16-15(19-11-5-7-24(20,21)10-11)17-8-12-9-22-14(18-12)13-4-3-6-23-13;/h3-4,6,9,11H,2,5,7-8,10H2,1H3,(H2,16,17,19);1H. The van der Waals surface area contributed by atoms with Gasteiger partial charge in [-0.15, -0.1) is 35.3 Å². The Kier molecular flexibility index (Phi) is 7.25. The molecule has 0 saturated carbocycles. The highest BCUT2D eigenvalue weighted by atomic mass is 127. The fourth-order valence-corrected chi connectivity index (χ4v) is 4.80. The number of aliphatic imine (C=N–C) groups is 1. The summed E-state index contributed by atoms with van der Waals surface area (Å²) in [5.74, 6) is 1.58. The molecule has 7 nitrogen and oxygen atoms in total. The fraction of sp³-hybridized carbons (Fsp3) is 0.467. The Balaban J connectivity index is 0.00000225. The van der Waals surface area contributed by atoms with Crippen molar-refractivity contribution in [2.24, 2.45) is 4.99 Å². The number of rotatable bonds is 5. The Hall–Kier alpha value is -1.14. The van der Waals surface area contributed by atoms with Crippen molar-refractivity contribution in [3.05, 3.63) is 29.5 Å². The molecule has 0 radical (unpaired) electrons. The van der Waals surface area contributed by atoms with Crippen LogP contribution >= 0.6 is 35.3 Å². The summed E-state index contributed by atoms with van der Waals surface area (Å²) < 4.78 is 28.6. The quantitative estimate of drug-likeness (QED) is 0.375. The van der Waals surface area contributed by atoms with Gasteiger partial charge in [0.05, 0.1) is 22.9 Å². The molecule has 3 heterocycles. The fourth-order valence-electron chi connectivity index (χ4n) is 2.48. The third-order valence-corrected chi connectivity index (χ3v) is 6.23. The average Bonchev–Trinajstić information content (AvgIpc) is 3.25. The summed E-state index contributed by atoms with van der Waals surface area (Å²) in [4.78, 5) is 9.87. The van der Waals surface area contributed by atoms with E-state index in [0.29, 0.717) is 31.4 Å². The maximum Gasteiger partial charge on any atom is 0.236 e. The first-order valence-electron chi connectivity index (χ1n) is 7.79. The van der Waals surface area contributed by atoms with E-state index in [1.54, 1.807) is 17.6 Å². The number of guanidine groups is 1. The van der Waals surface area contributed by atoms with E-state index < -0.39 is 9.84 Å². The Morgan fingerprint density at radius 1 is 1.52 bits per heavy atom. The Morgan fingerprint density at radius 3 is 3.00 bits per heavy atom. The van der Waals surface area contributed by atoms with E-state index in [4.69, 9.17) is 4.42 Å². The van der Waals surface area contributed by atoms with Crippen molar-refractivity contribution in [3.63, 3.8) is 0 Å². The van der Waals surface area contributed by atoms with E-state index in [2.05, 4.69) is 20.6 Å². The predicted octanol–water partition coefficient (Wildman–Crippen LogP) is 2.26. The molecular formula is C15H21IN4O3S2. The highest BCUT2D eigenvalue weighted by Crippen LogP contribution is 2.23. The summed E-state index contributed by atoms with van der Waals surface area (Å²) >= 11 is 1.57. The molecule has 1 aliphatic heterocycles. The van der Waals surface area contributed by atoms with Crippen LogP contribution in [0.15, 0.2) is 33.2 Å². The van der Waals surface area contributed by atoms with E-state index in [1.807, 2.05) is 24.4 Å². The minimum Gasteiger partial charge on any atom is -0.443 e.